The van der Waals surface area contributed by atoms with Crippen LogP contribution in [0.1, 0.15) is 20.3 Å². The van der Waals surface area contributed by atoms with Crippen LogP contribution < -0.4 is 9.74 Å². The van der Waals surface area contributed by atoms with Crippen LogP contribution in [0.3, 0.4) is 0 Å². The molecular weight excluding hydrogens is 258 g/mol. The second-order valence-corrected chi connectivity index (χ2v) is 5.46. The van der Waals surface area contributed by atoms with Crippen LogP contribution in [0.2, 0.25) is 0 Å². The SMILES string of the molecule is CC1C[NH+](C)C(C)CC1=NOc1ccccc1[N+](=O)[O-]. The van der Waals surface area contributed by atoms with Crippen LogP contribution in [0.4, 0.5) is 5.69 Å². The van der Waals surface area contributed by atoms with E-state index in [1.54, 1.807) is 18.2 Å². The summed E-state index contributed by atoms with van der Waals surface area (Å²) < 4.78 is 0. The molecule has 0 bridgehead atoms. The molecule has 6 heteroatoms. The van der Waals surface area contributed by atoms with E-state index in [1.807, 2.05) is 0 Å². The fourth-order valence-corrected chi connectivity index (χ4v) is 2.41. The van der Waals surface area contributed by atoms with Gasteiger partial charge in [0.2, 0.25) is 5.75 Å². The Kier molecular flexibility index (Phi) is 4.34. The quantitative estimate of drug-likeness (QED) is 0.668. The number of rotatable bonds is 3. The van der Waals surface area contributed by atoms with Crippen molar-refractivity contribution in [1.29, 1.82) is 0 Å². The van der Waals surface area contributed by atoms with Crippen LogP contribution in [0.15, 0.2) is 29.4 Å². The van der Waals surface area contributed by atoms with E-state index >= 15 is 0 Å². The summed E-state index contributed by atoms with van der Waals surface area (Å²) in [7, 11) is 2.17. The van der Waals surface area contributed by atoms with Crippen molar-refractivity contribution in [3.63, 3.8) is 0 Å². The van der Waals surface area contributed by atoms with Crippen molar-refractivity contribution in [2.24, 2.45) is 11.1 Å². The molecule has 6 nitrogen and oxygen atoms in total. The Morgan fingerprint density at radius 1 is 1.40 bits per heavy atom. The first-order chi connectivity index (χ1) is 9.49. The van der Waals surface area contributed by atoms with Gasteiger partial charge in [-0.3, -0.25) is 10.1 Å². The molecule has 0 saturated carbocycles. The van der Waals surface area contributed by atoms with Gasteiger partial charge in [-0.1, -0.05) is 24.2 Å². The average Bonchev–Trinajstić information content (AvgIpc) is 2.41. The van der Waals surface area contributed by atoms with Crippen LogP contribution in [-0.4, -0.2) is 30.3 Å². The maximum absolute atomic E-state index is 10.9. The number of para-hydroxylation sites is 2. The number of nitrogens with zero attached hydrogens (tertiary/aromatic N) is 2. The lowest BCUT2D eigenvalue weighted by Crippen LogP contribution is -3.14. The maximum atomic E-state index is 10.9. The first-order valence-electron chi connectivity index (χ1n) is 6.78. The summed E-state index contributed by atoms with van der Waals surface area (Å²) in [6, 6.07) is 6.78. The van der Waals surface area contributed by atoms with Crippen molar-refractivity contribution in [3.05, 3.63) is 34.4 Å². The molecule has 2 rings (SSSR count). The number of hydrogen-bond acceptors (Lipinski definition) is 4. The Morgan fingerprint density at radius 3 is 2.80 bits per heavy atom. The van der Waals surface area contributed by atoms with E-state index in [0.717, 1.165) is 18.7 Å². The molecular formula is C14H20N3O3+. The highest BCUT2D eigenvalue weighted by Gasteiger charge is 2.29. The molecule has 1 aromatic carbocycles. The molecule has 3 atom stereocenters. The second-order valence-electron chi connectivity index (χ2n) is 5.46. The van der Waals surface area contributed by atoms with E-state index in [2.05, 4.69) is 26.1 Å². The largest absolute Gasteiger partial charge is 0.350 e. The van der Waals surface area contributed by atoms with E-state index < -0.39 is 4.92 Å². The molecule has 1 saturated heterocycles. The van der Waals surface area contributed by atoms with Gasteiger partial charge in [0.15, 0.2) is 0 Å². The van der Waals surface area contributed by atoms with Gasteiger partial charge in [0, 0.05) is 18.4 Å². The zero-order valence-corrected chi connectivity index (χ0v) is 12.0. The summed E-state index contributed by atoms with van der Waals surface area (Å²) >= 11 is 0. The number of nitrogens with one attached hydrogen (secondary N) is 1. The predicted molar refractivity (Wildman–Crippen MR) is 76.2 cm³/mol. The van der Waals surface area contributed by atoms with Crippen LogP contribution in [0.5, 0.6) is 5.75 Å². The standard InChI is InChI=1S/C14H19N3O3/c1-10-9-16(3)11(2)8-12(10)15-20-14-7-5-4-6-13(14)17(18)19/h4-7,10-11H,8-9H2,1-3H3/p+1. The minimum Gasteiger partial charge on any atom is -0.350 e. The first-order valence-corrected chi connectivity index (χ1v) is 6.78. The highest BCUT2D eigenvalue weighted by Crippen LogP contribution is 2.26. The van der Waals surface area contributed by atoms with Crippen LogP contribution >= 0.6 is 0 Å². The highest BCUT2D eigenvalue weighted by molar-refractivity contribution is 5.87. The number of benzene rings is 1. The van der Waals surface area contributed by atoms with Crippen LogP contribution in [0, 0.1) is 16.0 Å². The van der Waals surface area contributed by atoms with E-state index in [1.165, 1.54) is 11.0 Å². The third-order valence-corrected chi connectivity index (χ3v) is 3.88. The molecule has 0 spiro atoms. The topological polar surface area (TPSA) is 69.2 Å². The Hall–Kier alpha value is -1.95. The lowest BCUT2D eigenvalue weighted by molar-refractivity contribution is -0.908. The van der Waals surface area contributed by atoms with Crippen molar-refractivity contribution in [1.82, 2.24) is 0 Å². The van der Waals surface area contributed by atoms with Crippen molar-refractivity contribution in [3.8, 4) is 5.75 Å². The molecule has 0 aliphatic carbocycles. The third kappa shape index (κ3) is 3.14. The first kappa shape index (κ1) is 14.5. The number of hydrogen-bond donors (Lipinski definition) is 1. The fourth-order valence-electron chi connectivity index (χ4n) is 2.41. The summed E-state index contributed by atoms with van der Waals surface area (Å²) in [5.41, 5.74) is 0.914. The number of likely N-dealkylation sites (tertiary alicyclic amines) is 1. The smallest absolute Gasteiger partial charge is 0.314 e. The Bertz CT molecular complexity index is 530. The Morgan fingerprint density at radius 2 is 2.10 bits per heavy atom. The molecule has 108 valence electrons. The van der Waals surface area contributed by atoms with Crippen LogP contribution in [0.25, 0.3) is 0 Å². The van der Waals surface area contributed by atoms with E-state index in [4.69, 9.17) is 4.84 Å². The molecule has 1 heterocycles. The zero-order valence-electron chi connectivity index (χ0n) is 12.0. The summed E-state index contributed by atoms with van der Waals surface area (Å²) in [5, 5.41) is 15.1. The fraction of sp³-hybridized carbons (Fsp3) is 0.500. The molecule has 1 aliphatic rings. The van der Waals surface area contributed by atoms with Crippen molar-refractivity contribution < 1.29 is 14.7 Å². The van der Waals surface area contributed by atoms with Crippen molar-refractivity contribution in [2.75, 3.05) is 13.6 Å². The summed E-state index contributed by atoms with van der Waals surface area (Å²) in [5.74, 6) is 0.519. The molecule has 1 aromatic rings. The maximum Gasteiger partial charge on any atom is 0.314 e. The monoisotopic (exact) mass is 278 g/mol. The minimum absolute atomic E-state index is 0.0592. The van der Waals surface area contributed by atoms with Gasteiger partial charge in [0.25, 0.3) is 0 Å². The van der Waals surface area contributed by atoms with Gasteiger partial charge in [0.05, 0.1) is 30.3 Å². The number of oxime groups is 1. The molecule has 1 aliphatic heterocycles. The lowest BCUT2D eigenvalue weighted by Gasteiger charge is -2.31. The molecule has 0 amide bonds. The van der Waals surface area contributed by atoms with Gasteiger partial charge in [-0.25, -0.2) is 0 Å². The molecule has 0 aromatic heterocycles. The average molecular weight is 278 g/mol. The zero-order chi connectivity index (χ0) is 14.7. The van der Waals surface area contributed by atoms with Crippen molar-refractivity contribution in [2.45, 2.75) is 26.3 Å². The van der Waals surface area contributed by atoms with E-state index in [0.29, 0.717) is 12.0 Å². The predicted octanol–water partition coefficient (Wildman–Crippen LogP) is 1.27. The third-order valence-electron chi connectivity index (χ3n) is 3.88. The van der Waals surface area contributed by atoms with E-state index in [-0.39, 0.29) is 11.4 Å². The number of nitro groups is 1. The van der Waals surface area contributed by atoms with E-state index in [9.17, 15) is 10.1 Å². The Balaban J connectivity index is 2.15. The number of piperidine rings is 1. The highest BCUT2D eigenvalue weighted by atomic mass is 16.6. The molecule has 1 fully saturated rings. The normalized spacial score (nSPS) is 28.4. The summed E-state index contributed by atoms with van der Waals surface area (Å²) in [6.45, 7) is 5.28. The van der Waals surface area contributed by atoms with Gasteiger partial charge in [0.1, 0.15) is 0 Å². The van der Waals surface area contributed by atoms with Crippen molar-refractivity contribution >= 4 is 11.4 Å². The summed E-state index contributed by atoms with van der Waals surface area (Å²) in [4.78, 5) is 17.3. The molecule has 1 N–H and O–H groups in total. The summed E-state index contributed by atoms with van der Waals surface area (Å²) in [6.07, 6.45) is 0.855. The minimum atomic E-state index is -0.458. The lowest BCUT2D eigenvalue weighted by atomic mass is 9.93. The van der Waals surface area contributed by atoms with Gasteiger partial charge < -0.3 is 9.74 Å². The Labute approximate surface area is 118 Å². The molecule has 20 heavy (non-hydrogen) atoms. The van der Waals surface area contributed by atoms with Gasteiger partial charge in [-0.05, 0) is 13.0 Å². The van der Waals surface area contributed by atoms with Gasteiger partial charge in [-0.2, -0.15) is 0 Å². The second kappa shape index (κ2) is 6.00. The molecule has 3 unspecified atom stereocenters. The van der Waals surface area contributed by atoms with Crippen LogP contribution in [-0.2, 0) is 0 Å². The number of nitro benzene ring substituents is 1. The van der Waals surface area contributed by atoms with Gasteiger partial charge in [-0.15, -0.1) is 0 Å². The number of quaternary nitrogens is 1. The van der Waals surface area contributed by atoms with Gasteiger partial charge >= 0.3 is 5.69 Å². The molecule has 0 radical (unpaired) electrons.